The molecule has 0 radical (unpaired) electrons. The molecular weight excluding hydrogens is 358 g/mol. The summed E-state index contributed by atoms with van der Waals surface area (Å²) in [4.78, 5) is 25.5. The largest absolute Gasteiger partial charge is 0.494 e. The van der Waals surface area contributed by atoms with Gasteiger partial charge in [-0.05, 0) is 43.3 Å². The van der Waals surface area contributed by atoms with Crippen LogP contribution in [0.5, 0.6) is 5.75 Å². The Morgan fingerprint density at radius 3 is 2.27 bits per heavy atom. The minimum Gasteiger partial charge on any atom is -0.494 e. The predicted molar refractivity (Wildman–Crippen MR) is 94.9 cm³/mol. The number of ether oxygens (including phenoxy) is 1. The van der Waals surface area contributed by atoms with E-state index in [4.69, 9.17) is 4.74 Å². The summed E-state index contributed by atoms with van der Waals surface area (Å²) in [6.07, 6.45) is 0. The molecule has 0 bridgehead atoms. The van der Waals surface area contributed by atoms with Crippen molar-refractivity contribution < 1.29 is 22.7 Å². The number of nitrogens with one attached hydrogen (secondary N) is 3. The van der Waals surface area contributed by atoms with Crippen LogP contribution in [0.15, 0.2) is 59.5 Å². The molecule has 3 N–H and O–H groups in total. The van der Waals surface area contributed by atoms with E-state index in [0.29, 0.717) is 17.9 Å². The molecule has 138 valence electrons. The van der Waals surface area contributed by atoms with Gasteiger partial charge in [0.25, 0.3) is 21.8 Å². The summed E-state index contributed by atoms with van der Waals surface area (Å²) in [5.41, 5.74) is 2.44. The van der Waals surface area contributed by atoms with Crippen LogP contribution < -0.4 is 20.3 Å². The minimum absolute atomic E-state index is 0.0328. The molecule has 0 aromatic heterocycles. The Bertz CT molecular complexity index is 852. The molecule has 2 aromatic rings. The van der Waals surface area contributed by atoms with E-state index in [-0.39, 0.29) is 11.4 Å². The second kappa shape index (κ2) is 8.97. The molecule has 0 fully saturated rings. The van der Waals surface area contributed by atoms with Gasteiger partial charge in [0.05, 0.1) is 18.0 Å². The second-order valence-electron chi connectivity index (χ2n) is 5.11. The lowest BCUT2D eigenvalue weighted by atomic mass is 10.2. The van der Waals surface area contributed by atoms with Crippen LogP contribution in [0.2, 0.25) is 0 Å². The van der Waals surface area contributed by atoms with E-state index < -0.39 is 21.8 Å². The first-order valence-electron chi connectivity index (χ1n) is 7.79. The molecule has 2 aromatic carbocycles. The zero-order valence-electron chi connectivity index (χ0n) is 14.1. The van der Waals surface area contributed by atoms with E-state index in [1.165, 1.54) is 24.3 Å². The molecule has 8 nitrogen and oxygen atoms in total. The molecule has 26 heavy (non-hydrogen) atoms. The maximum Gasteiger partial charge on any atom is 0.257 e. The normalized spacial score (nSPS) is 10.8. The smallest absolute Gasteiger partial charge is 0.257 e. The van der Waals surface area contributed by atoms with Crippen molar-refractivity contribution in [3.05, 3.63) is 60.2 Å². The molecule has 9 heteroatoms. The Kier molecular flexibility index (Phi) is 6.70. The lowest BCUT2D eigenvalue weighted by Gasteiger charge is -2.10. The van der Waals surface area contributed by atoms with Gasteiger partial charge in [-0.25, -0.2) is 8.42 Å². The molecule has 0 aliphatic heterocycles. The van der Waals surface area contributed by atoms with Crippen LogP contribution in [-0.2, 0) is 14.8 Å². The van der Waals surface area contributed by atoms with Gasteiger partial charge < -0.3 is 10.1 Å². The quantitative estimate of drug-likeness (QED) is 0.590. The fourth-order valence-electron chi connectivity index (χ4n) is 1.96. The van der Waals surface area contributed by atoms with Crippen molar-refractivity contribution in [3.63, 3.8) is 0 Å². The van der Waals surface area contributed by atoms with Gasteiger partial charge in [0.2, 0.25) is 0 Å². The van der Waals surface area contributed by atoms with Gasteiger partial charge in [0, 0.05) is 5.56 Å². The fraction of sp³-hybridized carbons (Fsp3) is 0.176. The van der Waals surface area contributed by atoms with Crippen molar-refractivity contribution in [2.24, 2.45) is 0 Å². The van der Waals surface area contributed by atoms with Crippen LogP contribution in [0.3, 0.4) is 0 Å². The van der Waals surface area contributed by atoms with E-state index in [1.54, 1.807) is 30.3 Å². The monoisotopic (exact) mass is 377 g/mol. The molecule has 0 unspecified atom stereocenters. The second-order valence-corrected chi connectivity index (χ2v) is 6.79. The fourth-order valence-corrected chi connectivity index (χ4v) is 2.82. The van der Waals surface area contributed by atoms with Crippen molar-refractivity contribution >= 4 is 21.8 Å². The van der Waals surface area contributed by atoms with Gasteiger partial charge in [-0.3, -0.25) is 15.0 Å². The minimum atomic E-state index is -3.93. The first-order chi connectivity index (χ1) is 12.4. The Balaban J connectivity index is 1.84. The summed E-state index contributed by atoms with van der Waals surface area (Å²) in [6.45, 7) is 1.91. The highest BCUT2D eigenvalue weighted by molar-refractivity contribution is 7.89. The number of benzene rings is 2. The van der Waals surface area contributed by atoms with Gasteiger partial charge in [-0.2, -0.15) is 0 Å². The summed E-state index contributed by atoms with van der Waals surface area (Å²) in [7, 11) is -3.93. The Morgan fingerprint density at radius 2 is 1.65 bits per heavy atom. The highest BCUT2D eigenvalue weighted by Crippen LogP contribution is 2.15. The number of carbonyl (C=O) groups excluding carboxylic acids is 2. The van der Waals surface area contributed by atoms with E-state index in [2.05, 4.69) is 5.32 Å². The average molecular weight is 377 g/mol. The van der Waals surface area contributed by atoms with Crippen LogP contribution >= 0.6 is 0 Å². The number of carbonyl (C=O) groups is 2. The third-order valence-electron chi connectivity index (χ3n) is 3.22. The summed E-state index contributed by atoms with van der Waals surface area (Å²) < 4.78 is 29.5. The maximum atomic E-state index is 12.1. The Morgan fingerprint density at radius 1 is 1.00 bits per heavy atom. The molecule has 0 atom stereocenters. The number of amides is 2. The van der Waals surface area contributed by atoms with E-state index in [1.807, 2.05) is 17.2 Å². The van der Waals surface area contributed by atoms with Crippen molar-refractivity contribution in [2.75, 3.05) is 13.2 Å². The highest BCUT2D eigenvalue weighted by atomic mass is 32.2. The first kappa shape index (κ1) is 19.4. The molecular formula is C17H19N3O5S. The number of hydrogen-bond donors (Lipinski definition) is 3. The third kappa shape index (κ3) is 5.57. The molecule has 0 aliphatic rings. The van der Waals surface area contributed by atoms with Crippen LogP contribution in [0.4, 0.5) is 0 Å². The summed E-state index contributed by atoms with van der Waals surface area (Å²) in [5, 5.41) is 2.39. The molecule has 0 spiro atoms. The number of hydrazine groups is 1. The topological polar surface area (TPSA) is 114 Å². The summed E-state index contributed by atoms with van der Waals surface area (Å²) >= 11 is 0. The number of hydrogen-bond acceptors (Lipinski definition) is 5. The molecule has 0 aliphatic carbocycles. The lowest BCUT2D eigenvalue weighted by Crippen LogP contribution is -2.46. The Hall–Kier alpha value is -2.91. The first-order valence-corrected chi connectivity index (χ1v) is 9.27. The third-order valence-corrected chi connectivity index (χ3v) is 4.48. The van der Waals surface area contributed by atoms with Crippen LogP contribution in [0.25, 0.3) is 0 Å². The van der Waals surface area contributed by atoms with E-state index in [0.717, 1.165) is 0 Å². The van der Waals surface area contributed by atoms with Crippen molar-refractivity contribution in [1.29, 1.82) is 0 Å². The van der Waals surface area contributed by atoms with Crippen molar-refractivity contribution in [3.8, 4) is 5.75 Å². The van der Waals surface area contributed by atoms with Gasteiger partial charge in [-0.15, -0.1) is 4.83 Å². The summed E-state index contributed by atoms with van der Waals surface area (Å²) in [6, 6.07) is 14.1. The van der Waals surface area contributed by atoms with Crippen LogP contribution in [0.1, 0.15) is 17.3 Å². The van der Waals surface area contributed by atoms with Crippen LogP contribution in [0, 0.1) is 0 Å². The molecule has 2 amide bonds. The molecule has 0 saturated carbocycles. The highest BCUT2D eigenvalue weighted by Gasteiger charge is 2.15. The van der Waals surface area contributed by atoms with Crippen LogP contribution in [-0.4, -0.2) is 33.4 Å². The number of sulfonamides is 1. The van der Waals surface area contributed by atoms with Gasteiger partial charge in [0.1, 0.15) is 5.75 Å². The summed E-state index contributed by atoms with van der Waals surface area (Å²) in [5.74, 6) is -0.599. The average Bonchev–Trinajstić information content (AvgIpc) is 2.66. The molecule has 0 saturated heterocycles. The molecule has 2 rings (SSSR count). The zero-order valence-corrected chi connectivity index (χ0v) is 14.9. The zero-order chi connectivity index (χ0) is 19.0. The van der Waals surface area contributed by atoms with Gasteiger partial charge >= 0.3 is 0 Å². The Labute approximate surface area is 151 Å². The molecule has 0 heterocycles. The van der Waals surface area contributed by atoms with Crippen molar-refractivity contribution in [2.45, 2.75) is 11.8 Å². The van der Waals surface area contributed by atoms with Gasteiger partial charge in [0.15, 0.2) is 0 Å². The standard InChI is InChI=1S/C17H19N3O5S/c1-2-25-14-8-10-15(11-9-14)26(23,24)20-19-16(21)12-18-17(22)13-6-4-3-5-7-13/h3-11,20H,2,12H2,1H3,(H,18,22)(H,19,21). The maximum absolute atomic E-state index is 12.1. The van der Waals surface area contributed by atoms with Crippen molar-refractivity contribution in [1.82, 2.24) is 15.6 Å². The predicted octanol–water partition coefficient (Wildman–Crippen LogP) is 0.825. The SMILES string of the molecule is CCOc1ccc(S(=O)(=O)NNC(=O)CNC(=O)c2ccccc2)cc1. The van der Waals surface area contributed by atoms with Gasteiger partial charge in [-0.1, -0.05) is 18.2 Å². The van der Waals surface area contributed by atoms with E-state index >= 15 is 0 Å². The number of rotatable bonds is 8. The lowest BCUT2D eigenvalue weighted by molar-refractivity contribution is -0.120. The van der Waals surface area contributed by atoms with E-state index in [9.17, 15) is 18.0 Å².